The van der Waals surface area contributed by atoms with Crippen LogP contribution in [-0.2, 0) is 14.8 Å². The molecule has 1 aromatic rings. The third-order valence-electron chi connectivity index (χ3n) is 2.18. The van der Waals surface area contributed by atoms with Gasteiger partial charge in [-0.25, -0.2) is 8.42 Å². The molecule has 0 saturated carbocycles. The molecule has 0 aromatic heterocycles. The second-order valence-corrected chi connectivity index (χ2v) is 6.86. The van der Waals surface area contributed by atoms with E-state index < -0.39 is 15.2 Å². The van der Waals surface area contributed by atoms with E-state index in [-0.39, 0.29) is 11.8 Å². The van der Waals surface area contributed by atoms with E-state index in [4.69, 9.17) is 11.6 Å². The van der Waals surface area contributed by atoms with E-state index in [1.165, 1.54) is 0 Å². The van der Waals surface area contributed by atoms with Gasteiger partial charge >= 0.3 is 0 Å². The Morgan fingerprint density at radius 1 is 1.21 bits per heavy atom. The maximum atomic E-state index is 11.5. The van der Waals surface area contributed by atoms with Crippen LogP contribution >= 0.6 is 11.6 Å². The third kappa shape index (κ3) is 5.94. The maximum absolute atomic E-state index is 11.5. The number of hydrogen-bond donors (Lipinski definition) is 2. The van der Waals surface area contributed by atoms with Crippen LogP contribution < -0.4 is 10.0 Å². The number of sulfonamides is 1. The van der Waals surface area contributed by atoms with E-state index in [9.17, 15) is 13.2 Å². The van der Waals surface area contributed by atoms with Crippen LogP contribution in [0.4, 0.5) is 11.4 Å². The van der Waals surface area contributed by atoms with Crippen LogP contribution in [0.5, 0.6) is 0 Å². The highest BCUT2D eigenvalue weighted by Crippen LogP contribution is 2.16. The smallest absolute Gasteiger partial charge is 0.246 e. The van der Waals surface area contributed by atoms with Gasteiger partial charge in [0.2, 0.25) is 15.9 Å². The number of rotatable bonds is 6. The van der Waals surface area contributed by atoms with Gasteiger partial charge in [-0.15, -0.1) is 11.6 Å². The Morgan fingerprint density at radius 3 is 2.21 bits per heavy atom. The molecule has 0 spiro atoms. The lowest BCUT2D eigenvalue weighted by Crippen LogP contribution is -2.15. The third-order valence-corrected chi connectivity index (χ3v) is 3.88. The van der Waals surface area contributed by atoms with Crippen LogP contribution in [0.3, 0.4) is 0 Å². The fraction of sp³-hybridized carbons (Fsp3) is 0.417. The number of anilines is 2. The summed E-state index contributed by atoms with van der Waals surface area (Å²) < 4.78 is 24.8. The molecule has 5 nitrogen and oxygen atoms in total. The molecule has 0 unspecified atom stereocenters. The average Bonchev–Trinajstić information content (AvgIpc) is 2.30. The first-order chi connectivity index (χ1) is 8.82. The molecule has 2 N–H and O–H groups in total. The number of halogens is 1. The van der Waals surface area contributed by atoms with Gasteiger partial charge in [-0.05, 0) is 30.2 Å². The van der Waals surface area contributed by atoms with Gasteiger partial charge in [-0.1, -0.05) is 13.8 Å². The van der Waals surface area contributed by atoms with Crippen molar-refractivity contribution in [3.8, 4) is 0 Å². The second-order valence-electron chi connectivity index (χ2n) is 4.55. The molecule has 0 aliphatic heterocycles. The summed E-state index contributed by atoms with van der Waals surface area (Å²) in [5.74, 6) is 0.221. The van der Waals surface area contributed by atoms with Gasteiger partial charge in [0.15, 0.2) is 0 Å². The van der Waals surface area contributed by atoms with Crippen LogP contribution in [0.15, 0.2) is 24.3 Å². The van der Waals surface area contributed by atoms with Crippen molar-refractivity contribution in [2.24, 2.45) is 5.92 Å². The fourth-order valence-electron chi connectivity index (χ4n) is 1.41. The molecule has 0 heterocycles. The molecule has 0 saturated heterocycles. The molecule has 106 valence electrons. The lowest BCUT2D eigenvalue weighted by atomic mass is 10.1. The van der Waals surface area contributed by atoms with Crippen molar-refractivity contribution in [2.75, 3.05) is 15.3 Å². The predicted octanol–water partition coefficient (Wildman–Crippen LogP) is 2.61. The van der Waals surface area contributed by atoms with E-state index in [0.717, 1.165) is 0 Å². The predicted molar refractivity (Wildman–Crippen MR) is 77.8 cm³/mol. The van der Waals surface area contributed by atoms with Gasteiger partial charge in [-0.3, -0.25) is 9.52 Å². The quantitative estimate of drug-likeness (QED) is 0.793. The molecule has 0 aliphatic carbocycles. The summed E-state index contributed by atoms with van der Waals surface area (Å²) in [7, 11) is -3.50. The van der Waals surface area contributed by atoms with E-state index in [1.54, 1.807) is 24.3 Å². The van der Waals surface area contributed by atoms with Gasteiger partial charge in [0.25, 0.3) is 0 Å². The highest BCUT2D eigenvalue weighted by Gasteiger charge is 2.08. The SMILES string of the molecule is CC(C)CC(=O)Nc1ccc(NS(=O)(=O)CCl)cc1. The molecule has 7 heteroatoms. The molecule has 19 heavy (non-hydrogen) atoms. The average molecular weight is 305 g/mol. The standard InChI is InChI=1S/C12H17ClN2O3S/c1-9(2)7-12(16)14-10-3-5-11(6-4-10)15-19(17,18)8-13/h3-6,9,15H,7-8H2,1-2H3,(H,14,16). The zero-order valence-electron chi connectivity index (χ0n) is 10.8. The van der Waals surface area contributed by atoms with Gasteiger partial charge in [-0.2, -0.15) is 0 Å². The Hall–Kier alpha value is -1.27. The highest BCUT2D eigenvalue weighted by molar-refractivity contribution is 7.93. The Balaban J connectivity index is 2.64. The van der Waals surface area contributed by atoms with Crippen molar-refractivity contribution in [1.82, 2.24) is 0 Å². The Labute approximate surface area is 118 Å². The molecule has 1 rings (SSSR count). The summed E-state index contributed by atoms with van der Waals surface area (Å²) in [6.45, 7) is 3.92. The van der Waals surface area contributed by atoms with Crippen LogP contribution in [0.1, 0.15) is 20.3 Å². The summed E-state index contributed by atoms with van der Waals surface area (Å²) in [6, 6.07) is 6.39. The molecular weight excluding hydrogens is 288 g/mol. The number of nitrogens with one attached hydrogen (secondary N) is 2. The summed E-state index contributed by atoms with van der Waals surface area (Å²) >= 11 is 5.28. The lowest BCUT2D eigenvalue weighted by Gasteiger charge is -2.09. The molecule has 1 aromatic carbocycles. The van der Waals surface area contributed by atoms with Crippen molar-refractivity contribution in [2.45, 2.75) is 20.3 Å². The number of hydrogen-bond acceptors (Lipinski definition) is 3. The summed E-state index contributed by atoms with van der Waals surface area (Å²) in [5.41, 5.74) is 1.03. The molecule has 0 aliphatic rings. The summed E-state index contributed by atoms with van der Waals surface area (Å²) in [5, 5.41) is 2.23. The minimum atomic E-state index is -3.50. The first-order valence-corrected chi connectivity index (χ1v) is 7.97. The van der Waals surface area contributed by atoms with Gasteiger partial charge < -0.3 is 5.32 Å². The zero-order valence-corrected chi connectivity index (χ0v) is 12.4. The van der Waals surface area contributed by atoms with Crippen LogP contribution in [0, 0.1) is 5.92 Å². The van der Waals surface area contributed by atoms with Crippen molar-refractivity contribution in [1.29, 1.82) is 0 Å². The van der Waals surface area contributed by atoms with Crippen molar-refractivity contribution in [3.63, 3.8) is 0 Å². The minimum Gasteiger partial charge on any atom is -0.326 e. The van der Waals surface area contributed by atoms with E-state index in [0.29, 0.717) is 17.8 Å². The van der Waals surface area contributed by atoms with Crippen molar-refractivity contribution in [3.05, 3.63) is 24.3 Å². The molecule has 0 atom stereocenters. The van der Waals surface area contributed by atoms with Gasteiger partial charge in [0.1, 0.15) is 5.21 Å². The number of alkyl halides is 1. The lowest BCUT2D eigenvalue weighted by molar-refractivity contribution is -0.116. The molecular formula is C12H17ClN2O3S. The number of amides is 1. The maximum Gasteiger partial charge on any atom is 0.246 e. The fourth-order valence-corrected chi connectivity index (χ4v) is 2.12. The van der Waals surface area contributed by atoms with Crippen LogP contribution in [-0.4, -0.2) is 19.5 Å². The molecule has 1 amide bonds. The summed E-state index contributed by atoms with van der Waals surface area (Å²) in [4.78, 5) is 11.5. The number of benzene rings is 1. The first-order valence-electron chi connectivity index (χ1n) is 5.79. The first kappa shape index (κ1) is 15.8. The van der Waals surface area contributed by atoms with Crippen LogP contribution in [0.25, 0.3) is 0 Å². The Morgan fingerprint density at radius 2 is 1.74 bits per heavy atom. The Bertz CT molecular complexity index is 526. The number of carbonyl (C=O) groups excluding carboxylic acids is 1. The minimum absolute atomic E-state index is 0.0657. The van der Waals surface area contributed by atoms with E-state index >= 15 is 0 Å². The number of carbonyl (C=O) groups is 1. The summed E-state index contributed by atoms with van der Waals surface area (Å²) in [6.07, 6.45) is 0.445. The van der Waals surface area contributed by atoms with Crippen molar-refractivity contribution < 1.29 is 13.2 Å². The largest absolute Gasteiger partial charge is 0.326 e. The molecule has 0 bridgehead atoms. The van der Waals surface area contributed by atoms with E-state index in [1.807, 2.05) is 13.8 Å². The highest BCUT2D eigenvalue weighted by atomic mass is 35.5. The Kier molecular flexibility index (Phi) is 5.62. The molecule has 0 radical (unpaired) electrons. The topological polar surface area (TPSA) is 75.3 Å². The normalized spacial score (nSPS) is 11.4. The van der Waals surface area contributed by atoms with Crippen molar-refractivity contribution >= 4 is 38.9 Å². The van der Waals surface area contributed by atoms with Gasteiger partial charge in [0.05, 0.1) is 0 Å². The van der Waals surface area contributed by atoms with E-state index in [2.05, 4.69) is 10.0 Å². The van der Waals surface area contributed by atoms with Gasteiger partial charge in [0, 0.05) is 17.8 Å². The zero-order chi connectivity index (χ0) is 14.5. The monoisotopic (exact) mass is 304 g/mol. The second kappa shape index (κ2) is 6.77. The van der Waals surface area contributed by atoms with Crippen LogP contribution in [0.2, 0.25) is 0 Å². The molecule has 0 fully saturated rings.